The van der Waals surface area contributed by atoms with Crippen molar-refractivity contribution in [3.63, 3.8) is 0 Å². The SMILES string of the molecule is CCOC(=O)C(C#N)CCCc1ccc(Cl)cc1. The molecule has 0 radical (unpaired) electrons. The predicted molar refractivity (Wildman–Crippen MR) is 70.1 cm³/mol. The smallest absolute Gasteiger partial charge is 0.323 e. The highest BCUT2D eigenvalue weighted by Crippen LogP contribution is 2.14. The van der Waals surface area contributed by atoms with Gasteiger partial charge in [0, 0.05) is 5.02 Å². The van der Waals surface area contributed by atoms with Crippen molar-refractivity contribution >= 4 is 17.6 Å². The summed E-state index contributed by atoms with van der Waals surface area (Å²) in [5.41, 5.74) is 1.15. The third-order valence-electron chi connectivity index (χ3n) is 2.60. The fraction of sp³-hybridized carbons (Fsp3) is 0.429. The molecule has 1 atom stereocenters. The van der Waals surface area contributed by atoms with Gasteiger partial charge in [-0.2, -0.15) is 5.26 Å². The highest BCUT2D eigenvalue weighted by molar-refractivity contribution is 6.30. The largest absolute Gasteiger partial charge is 0.465 e. The summed E-state index contributed by atoms with van der Waals surface area (Å²) in [4.78, 5) is 11.4. The van der Waals surface area contributed by atoms with Crippen molar-refractivity contribution in [2.24, 2.45) is 5.92 Å². The summed E-state index contributed by atoms with van der Waals surface area (Å²) in [5, 5.41) is 9.60. The minimum Gasteiger partial charge on any atom is -0.465 e. The second kappa shape index (κ2) is 7.73. The molecule has 0 aromatic heterocycles. The van der Waals surface area contributed by atoms with E-state index < -0.39 is 11.9 Å². The van der Waals surface area contributed by atoms with Gasteiger partial charge in [0.05, 0.1) is 12.7 Å². The first-order valence-electron chi connectivity index (χ1n) is 5.98. The minimum absolute atomic E-state index is 0.314. The summed E-state index contributed by atoms with van der Waals surface area (Å²) >= 11 is 5.79. The zero-order valence-corrected chi connectivity index (χ0v) is 11.1. The number of nitriles is 1. The quantitative estimate of drug-likeness (QED) is 0.741. The maximum Gasteiger partial charge on any atom is 0.323 e. The Labute approximate surface area is 112 Å². The molecule has 1 unspecified atom stereocenters. The molecule has 0 aliphatic carbocycles. The number of ether oxygens (including phenoxy) is 1. The number of carbonyl (C=O) groups is 1. The summed E-state index contributed by atoms with van der Waals surface area (Å²) in [6.45, 7) is 2.05. The number of esters is 1. The molecule has 96 valence electrons. The zero-order valence-electron chi connectivity index (χ0n) is 10.4. The number of benzene rings is 1. The predicted octanol–water partition coefficient (Wildman–Crippen LogP) is 3.37. The molecule has 0 amide bonds. The maximum atomic E-state index is 11.4. The Morgan fingerprint density at radius 1 is 1.44 bits per heavy atom. The number of hydrogen-bond acceptors (Lipinski definition) is 3. The van der Waals surface area contributed by atoms with Crippen molar-refractivity contribution < 1.29 is 9.53 Å². The molecule has 0 saturated heterocycles. The van der Waals surface area contributed by atoms with Crippen LogP contribution in [0.2, 0.25) is 5.02 Å². The van der Waals surface area contributed by atoms with Crippen LogP contribution in [0.4, 0.5) is 0 Å². The lowest BCUT2D eigenvalue weighted by Crippen LogP contribution is -2.16. The van der Waals surface area contributed by atoms with Crippen molar-refractivity contribution in [3.8, 4) is 6.07 Å². The highest BCUT2D eigenvalue weighted by atomic mass is 35.5. The van der Waals surface area contributed by atoms with Crippen molar-refractivity contribution in [1.82, 2.24) is 0 Å². The van der Waals surface area contributed by atoms with E-state index in [0.29, 0.717) is 18.1 Å². The molecular formula is C14H16ClNO2. The molecule has 0 heterocycles. The van der Waals surface area contributed by atoms with Crippen molar-refractivity contribution in [3.05, 3.63) is 34.9 Å². The molecule has 1 aromatic carbocycles. The summed E-state index contributed by atoms with van der Waals surface area (Å²) in [6, 6.07) is 9.57. The van der Waals surface area contributed by atoms with Gasteiger partial charge >= 0.3 is 5.97 Å². The van der Waals surface area contributed by atoms with Crippen LogP contribution in [0.1, 0.15) is 25.3 Å². The number of nitrogens with zero attached hydrogens (tertiary/aromatic N) is 1. The van der Waals surface area contributed by atoms with Crippen LogP contribution >= 0.6 is 11.6 Å². The Morgan fingerprint density at radius 3 is 2.67 bits per heavy atom. The number of halogens is 1. The lowest BCUT2D eigenvalue weighted by Gasteiger charge is -2.08. The van der Waals surface area contributed by atoms with Gasteiger partial charge in [-0.25, -0.2) is 0 Å². The Kier molecular flexibility index (Phi) is 6.24. The number of aryl methyl sites for hydroxylation is 1. The molecule has 1 aromatic rings. The molecule has 1 rings (SSSR count). The monoisotopic (exact) mass is 265 g/mol. The maximum absolute atomic E-state index is 11.4. The molecule has 0 N–H and O–H groups in total. The Bertz CT molecular complexity index is 422. The van der Waals surface area contributed by atoms with E-state index >= 15 is 0 Å². The van der Waals surface area contributed by atoms with Crippen LogP contribution in [0.5, 0.6) is 0 Å². The van der Waals surface area contributed by atoms with Crippen molar-refractivity contribution in [1.29, 1.82) is 5.26 Å². The van der Waals surface area contributed by atoms with Gasteiger partial charge in [0.2, 0.25) is 0 Å². The highest BCUT2D eigenvalue weighted by Gasteiger charge is 2.18. The van der Waals surface area contributed by atoms with E-state index in [1.165, 1.54) is 0 Å². The van der Waals surface area contributed by atoms with Gasteiger partial charge < -0.3 is 4.74 Å². The third kappa shape index (κ3) is 4.77. The molecule has 0 fully saturated rings. The van der Waals surface area contributed by atoms with Crippen LogP contribution in [0.25, 0.3) is 0 Å². The molecule has 0 spiro atoms. The van der Waals surface area contributed by atoms with Gasteiger partial charge in [-0.05, 0) is 43.9 Å². The lowest BCUT2D eigenvalue weighted by atomic mass is 10.0. The van der Waals surface area contributed by atoms with E-state index in [4.69, 9.17) is 21.6 Å². The van der Waals surface area contributed by atoms with Crippen LogP contribution in [-0.2, 0) is 16.0 Å². The standard InChI is InChI=1S/C14H16ClNO2/c1-2-18-14(17)12(10-16)5-3-4-11-6-8-13(15)9-7-11/h6-9,12H,2-5H2,1H3. The van der Waals surface area contributed by atoms with Crippen LogP contribution in [-0.4, -0.2) is 12.6 Å². The Morgan fingerprint density at radius 2 is 2.11 bits per heavy atom. The zero-order chi connectivity index (χ0) is 13.4. The van der Waals surface area contributed by atoms with Gasteiger partial charge in [0.25, 0.3) is 0 Å². The number of hydrogen-bond donors (Lipinski definition) is 0. The van der Waals surface area contributed by atoms with E-state index in [9.17, 15) is 4.79 Å². The molecule has 4 heteroatoms. The Balaban J connectivity index is 2.38. The molecule has 0 aliphatic rings. The normalized spacial score (nSPS) is 11.6. The number of carbonyl (C=O) groups excluding carboxylic acids is 1. The van der Waals surface area contributed by atoms with Crippen LogP contribution in [0, 0.1) is 17.2 Å². The first kappa shape index (κ1) is 14.5. The van der Waals surface area contributed by atoms with E-state index in [1.54, 1.807) is 6.92 Å². The van der Waals surface area contributed by atoms with Gasteiger partial charge in [-0.15, -0.1) is 0 Å². The molecular weight excluding hydrogens is 250 g/mol. The fourth-order valence-corrected chi connectivity index (χ4v) is 1.77. The fourth-order valence-electron chi connectivity index (χ4n) is 1.64. The first-order valence-corrected chi connectivity index (χ1v) is 6.36. The van der Waals surface area contributed by atoms with E-state index in [2.05, 4.69) is 0 Å². The van der Waals surface area contributed by atoms with E-state index in [0.717, 1.165) is 18.4 Å². The average Bonchev–Trinajstić information content (AvgIpc) is 2.37. The minimum atomic E-state index is -0.655. The number of rotatable bonds is 6. The van der Waals surface area contributed by atoms with Crippen LogP contribution < -0.4 is 0 Å². The first-order chi connectivity index (χ1) is 8.67. The molecule has 0 saturated carbocycles. The van der Waals surface area contributed by atoms with Crippen LogP contribution in [0.3, 0.4) is 0 Å². The second-order valence-electron chi connectivity index (χ2n) is 3.95. The van der Waals surface area contributed by atoms with E-state index in [1.807, 2.05) is 30.3 Å². The molecule has 3 nitrogen and oxygen atoms in total. The summed E-state index contributed by atoms with van der Waals surface area (Å²) < 4.78 is 4.83. The topological polar surface area (TPSA) is 50.1 Å². The van der Waals surface area contributed by atoms with Gasteiger partial charge in [-0.1, -0.05) is 23.7 Å². The third-order valence-corrected chi connectivity index (χ3v) is 2.85. The lowest BCUT2D eigenvalue weighted by molar-refractivity contribution is -0.146. The molecule has 0 aliphatic heterocycles. The summed E-state index contributed by atoms with van der Waals surface area (Å²) in [5.74, 6) is -1.08. The van der Waals surface area contributed by atoms with Crippen molar-refractivity contribution in [2.75, 3.05) is 6.61 Å². The van der Waals surface area contributed by atoms with Crippen molar-refractivity contribution in [2.45, 2.75) is 26.2 Å². The van der Waals surface area contributed by atoms with E-state index in [-0.39, 0.29) is 0 Å². The Hall–Kier alpha value is -1.53. The molecule has 18 heavy (non-hydrogen) atoms. The summed E-state index contributed by atoms with van der Waals surface area (Å²) in [7, 11) is 0. The van der Waals surface area contributed by atoms with Gasteiger partial charge in [0.1, 0.15) is 5.92 Å². The van der Waals surface area contributed by atoms with Gasteiger partial charge in [-0.3, -0.25) is 4.79 Å². The van der Waals surface area contributed by atoms with Gasteiger partial charge in [0.15, 0.2) is 0 Å². The van der Waals surface area contributed by atoms with Crippen LogP contribution in [0.15, 0.2) is 24.3 Å². The summed E-state index contributed by atoms with van der Waals surface area (Å²) in [6.07, 6.45) is 2.13. The molecule has 0 bridgehead atoms. The second-order valence-corrected chi connectivity index (χ2v) is 4.39. The average molecular weight is 266 g/mol.